The number of aryl methyl sites for hydroxylation is 2. The zero-order valence-electron chi connectivity index (χ0n) is 12.1. The molecule has 0 atom stereocenters. The minimum Gasteiger partial charge on any atom is -0.309 e. The van der Waals surface area contributed by atoms with Gasteiger partial charge in [0.1, 0.15) is 0 Å². The van der Waals surface area contributed by atoms with E-state index in [1.54, 1.807) is 0 Å². The van der Waals surface area contributed by atoms with E-state index in [0.29, 0.717) is 6.04 Å². The Labute approximate surface area is 115 Å². The Morgan fingerprint density at radius 2 is 1.74 bits per heavy atom. The van der Waals surface area contributed by atoms with E-state index in [-0.39, 0.29) is 0 Å². The molecule has 100 valence electrons. The fourth-order valence-corrected chi connectivity index (χ4v) is 1.86. The average Bonchev–Trinajstić information content (AvgIpc) is 2.36. The lowest BCUT2D eigenvalue weighted by Gasteiger charge is -2.09. The Hall–Kier alpha value is -1.74. The first-order valence-electron chi connectivity index (χ1n) is 6.69. The molecular weight excluding hydrogens is 234 g/mol. The highest BCUT2D eigenvalue weighted by Crippen LogP contribution is 2.16. The summed E-state index contributed by atoms with van der Waals surface area (Å²) in [4.78, 5) is 9.15. The van der Waals surface area contributed by atoms with Crippen LogP contribution in [0, 0.1) is 13.8 Å². The first-order valence-corrected chi connectivity index (χ1v) is 6.69. The van der Waals surface area contributed by atoms with Crippen LogP contribution in [-0.2, 0) is 6.54 Å². The summed E-state index contributed by atoms with van der Waals surface area (Å²) in [5, 5.41) is 3.39. The molecular formula is C16H21N3. The van der Waals surface area contributed by atoms with E-state index in [4.69, 9.17) is 0 Å². The summed E-state index contributed by atoms with van der Waals surface area (Å²) in [6.07, 6.45) is 0. The van der Waals surface area contributed by atoms with Gasteiger partial charge >= 0.3 is 0 Å². The molecule has 1 aromatic heterocycles. The highest BCUT2D eigenvalue weighted by molar-refractivity contribution is 5.55. The first-order chi connectivity index (χ1) is 9.04. The van der Waals surface area contributed by atoms with Gasteiger partial charge in [-0.3, -0.25) is 0 Å². The zero-order chi connectivity index (χ0) is 13.8. The van der Waals surface area contributed by atoms with Gasteiger partial charge in [-0.15, -0.1) is 0 Å². The van der Waals surface area contributed by atoms with Crippen molar-refractivity contribution in [1.82, 2.24) is 15.3 Å². The van der Waals surface area contributed by atoms with Crippen molar-refractivity contribution >= 4 is 0 Å². The molecule has 0 fully saturated rings. The van der Waals surface area contributed by atoms with E-state index in [9.17, 15) is 0 Å². The Morgan fingerprint density at radius 3 is 2.37 bits per heavy atom. The van der Waals surface area contributed by atoms with Crippen molar-refractivity contribution in [3.63, 3.8) is 0 Å². The van der Waals surface area contributed by atoms with E-state index in [0.717, 1.165) is 29.3 Å². The molecule has 0 amide bonds. The standard InChI is InChI=1S/C16H21N3/c1-11(2)17-10-15-9-13(4)18-16(19-15)14-7-5-12(3)6-8-14/h5-9,11,17H,10H2,1-4H3. The van der Waals surface area contributed by atoms with E-state index >= 15 is 0 Å². The number of hydrogen-bond donors (Lipinski definition) is 1. The molecule has 3 heteroatoms. The van der Waals surface area contributed by atoms with E-state index in [2.05, 4.69) is 60.3 Å². The molecule has 0 aliphatic heterocycles. The first kappa shape index (κ1) is 13.7. The maximum atomic E-state index is 4.63. The second-order valence-corrected chi connectivity index (χ2v) is 5.23. The smallest absolute Gasteiger partial charge is 0.159 e. The van der Waals surface area contributed by atoms with Crippen LogP contribution in [0.25, 0.3) is 11.4 Å². The van der Waals surface area contributed by atoms with Crippen LogP contribution in [0.4, 0.5) is 0 Å². The van der Waals surface area contributed by atoms with Crippen LogP contribution in [0.5, 0.6) is 0 Å². The van der Waals surface area contributed by atoms with Gasteiger partial charge in [0.2, 0.25) is 0 Å². The van der Waals surface area contributed by atoms with Crippen molar-refractivity contribution in [2.24, 2.45) is 0 Å². The fourth-order valence-electron chi connectivity index (χ4n) is 1.86. The molecule has 0 aliphatic rings. The number of hydrogen-bond acceptors (Lipinski definition) is 3. The van der Waals surface area contributed by atoms with Crippen molar-refractivity contribution in [1.29, 1.82) is 0 Å². The van der Waals surface area contributed by atoms with Crippen molar-refractivity contribution in [2.75, 3.05) is 0 Å². The van der Waals surface area contributed by atoms with Crippen LogP contribution in [0.1, 0.15) is 30.8 Å². The largest absolute Gasteiger partial charge is 0.309 e. The summed E-state index contributed by atoms with van der Waals surface area (Å²) in [7, 11) is 0. The minimum absolute atomic E-state index is 0.457. The molecule has 1 heterocycles. The molecule has 0 aliphatic carbocycles. The van der Waals surface area contributed by atoms with Gasteiger partial charge in [0.15, 0.2) is 5.82 Å². The Bertz CT molecular complexity index is 544. The van der Waals surface area contributed by atoms with Gasteiger partial charge in [-0.05, 0) is 19.9 Å². The summed E-state index contributed by atoms with van der Waals surface area (Å²) in [6.45, 7) is 9.14. The van der Waals surface area contributed by atoms with Gasteiger partial charge in [0, 0.05) is 23.8 Å². The summed E-state index contributed by atoms with van der Waals surface area (Å²) in [6, 6.07) is 10.8. The molecule has 0 bridgehead atoms. The topological polar surface area (TPSA) is 37.8 Å². The molecule has 0 saturated carbocycles. The van der Waals surface area contributed by atoms with Crippen LogP contribution < -0.4 is 5.32 Å². The Balaban J connectivity index is 2.28. The zero-order valence-corrected chi connectivity index (χ0v) is 12.1. The molecule has 2 rings (SSSR count). The van der Waals surface area contributed by atoms with Crippen LogP contribution in [0.3, 0.4) is 0 Å². The Morgan fingerprint density at radius 1 is 1.05 bits per heavy atom. The number of aromatic nitrogens is 2. The van der Waals surface area contributed by atoms with Crippen LogP contribution in [-0.4, -0.2) is 16.0 Å². The Kier molecular flexibility index (Phi) is 4.27. The molecule has 0 saturated heterocycles. The fraction of sp³-hybridized carbons (Fsp3) is 0.375. The number of rotatable bonds is 4. The van der Waals surface area contributed by atoms with Gasteiger partial charge in [-0.25, -0.2) is 9.97 Å². The van der Waals surface area contributed by atoms with Gasteiger partial charge in [0.05, 0.1) is 5.69 Å². The molecule has 0 radical (unpaired) electrons. The highest BCUT2D eigenvalue weighted by Gasteiger charge is 2.05. The number of nitrogens with zero attached hydrogens (tertiary/aromatic N) is 2. The molecule has 0 unspecified atom stereocenters. The van der Waals surface area contributed by atoms with Gasteiger partial charge in [-0.2, -0.15) is 0 Å². The number of nitrogens with one attached hydrogen (secondary N) is 1. The van der Waals surface area contributed by atoms with E-state index < -0.39 is 0 Å². The summed E-state index contributed by atoms with van der Waals surface area (Å²) < 4.78 is 0. The normalized spacial score (nSPS) is 11.0. The molecule has 3 nitrogen and oxygen atoms in total. The van der Waals surface area contributed by atoms with Crippen LogP contribution in [0.2, 0.25) is 0 Å². The molecule has 1 N–H and O–H groups in total. The molecule has 0 spiro atoms. The lowest BCUT2D eigenvalue weighted by molar-refractivity contribution is 0.580. The predicted molar refractivity (Wildman–Crippen MR) is 78.9 cm³/mol. The quantitative estimate of drug-likeness (QED) is 0.911. The lowest BCUT2D eigenvalue weighted by atomic mass is 10.1. The van der Waals surface area contributed by atoms with Crippen molar-refractivity contribution in [2.45, 2.75) is 40.3 Å². The van der Waals surface area contributed by atoms with E-state index in [1.165, 1.54) is 5.56 Å². The average molecular weight is 255 g/mol. The van der Waals surface area contributed by atoms with Gasteiger partial charge in [-0.1, -0.05) is 43.7 Å². The van der Waals surface area contributed by atoms with Gasteiger partial charge in [0.25, 0.3) is 0 Å². The molecule has 2 aromatic rings. The van der Waals surface area contributed by atoms with Crippen molar-refractivity contribution < 1.29 is 0 Å². The van der Waals surface area contributed by atoms with E-state index in [1.807, 2.05) is 13.0 Å². The third kappa shape index (κ3) is 3.86. The third-order valence-electron chi connectivity index (χ3n) is 2.91. The maximum Gasteiger partial charge on any atom is 0.159 e. The summed E-state index contributed by atoms with van der Waals surface area (Å²) in [5.74, 6) is 0.806. The summed E-state index contributed by atoms with van der Waals surface area (Å²) >= 11 is 0. The maximum absolute atomic E-state index is 4.63. The van der Waals surface area contributed by atoms with Crippen molar-refractivity contribution in [3.8, 4) is 11.4 Å². The second kappa shape index (κ2) is 5.93. The number of benzene rings is 1. The van der Waals surface area contributed by atoms with Gasteiger partial charge < -0.3 is 5.32 Å². The highest BCUT2D eigenvalue weighted by atomic mass is 14.9. The second-order valence-electron chi connectivity index (χ2n) is 5.23. The SMILES string of the molecule is Cc1ccc(-c2nc(C)cc(CNC(C)C)n2)cc1. The molecule has 1 aromatic carbocycles. The van der Waals surface area contributed by atoms with Crippen LogP contribution in [0.15, 0.2) is 30.3 Å². The lowest BCUT2D eigenvalue weighted by Crippen LogP contribution is -2.22. The summed E-state index contributed by atoms with van der Waals surface area (Å²) in [5.41, 5.74) is 4.36. The third-order valence-corrected chi connectivity index (χ3v) is 2.91. The van der Waals surface area contributed by atoms with Crippen LogP contribution >= 0.6 is 0 Å². The minimum atomic E-state index is 0.457. The van der Waals surface area contributed by atoms with Crippen molar-refractivity contribution in [3.05, 3.63) is 47.3 Å². The predicted octanol–water partition coefficient (Wildman–Crippen LogP) is 3.26. The molecule has 19 heavy (non-hydrogen) atoms. The monoisotopic (exact) mass is 255 g/mol.